The van der Waals surface area contributed by atoms with Gasteiger partial charge >= 0.3 is 0 Å². The molecule has 1 aliphatic heterocycles. The average molecular weight is 155 g/mol. The molecule has 0 spiro atoms. The van der Waals surface area contributed by atoms with Crippen molar-refractivity contribution in [2.24, 2.45) is 0 Å². The van der Waals surface area contributed by atoms with Crippen LogP contribution in [0.1, 0.15) is 32.6 Å². The number of nitrogens with zero attached hydrogens (tertiary/aromatic N) is 1. The highest BCUT2D eigenvalue weighted by Crippen LogP contribution is 2.36. The highest BCUT2D eigenvalue weighted by molar-refractivity contribution is 8.00. The van der Waals surface area contributed by atoms with Gasteiger partial charge in [0, 0.05) is 16.9 Å². The number of rotatable bonds is 2. The highest BCUT2D eigenvalue weighted by atomic mass is 32.2. The van der Waals surface area contributed by atoms with E-state index in [9.17, 15) is 0 Å². The molecule has 1 aliphatic rings. The van der Waals surface area contributed by atoms with Crippen LogP contribution in [0.25, 0.3) is 0 Å². The van der Waals surface area contributed by atoms with Crippen LogP contribution >= 0.6 is 11.8 Å². The smallest absolute Gasteiger partial charge is 0.0633 e. The maximum absolute atomic E-state index is 8.42. The zero-order chi connectivity index (χ0) is 7.40. The van der Waals surface area contributed by atoms with E-state index in [1.165, 1.54) is 19.3 Å². The molecule has 2 heteroatoms. The SMILES string of the molecule is CC[C@@H]1CCC(CC#N)S1. The van der Waals surface area contributed by atoms with Gasteiger partial charge in [0.1, 0.15) is 0 Å². The van der Waals surface area contributed by atoms with Gasteiger partial charge in [0.15, 0.2) is 0 Å². The predicted octanol–water partition coefficient (Wildman–Crippen LogP) is 2.57. The fourth-order valence-electron chi connectivity index (χ4n) is 1.33. The predicted molar refractivity (Wildman–Crippen MR) is 44.9 cm³/mol. The van der Waals surface area contributed by atoms with Gasteiger partial charge in [0.05, 0.1) is 6.07 Å². The molecular formula is C8H13NS. The zero-order valence-electron chi connectivity index (χ0n) is 6.34. The van der Waals surface area contributed by atoms with Crippen LogP contribution in [0.5, 0.6) is 0 Å². The van der Waals surface area contributed by atoms with Crippen molar-refractivity contribution in [2.75, 3.05) is 0 Å². The molecule has 10 heavy (non-hydrogen) atoms. The van der Waals surface area contributed by atoms with Crippen molar-refractivity contribution in [3.8, 4) is 6.07 Å². The summed E-state index contributed by atoms with van der Waals surface area (Å²) in [5.74, 6) is 0. The number of nitriles is 1. The first-order valence-corrected chi connectivity index (χ1v) is 4.83. The zero-order valence-corrected chi connectivity index (χ0v) is 7.16. The van der Waals surface area contributed by atoms with E-state index in [0.29, 0.717) is 5.25 Å². The molecule has 0 aromatic rings. The van der Waals surface area contributed by atoms with E-state index in [0.717, 1.165) is 11.7 Å². The lowest BCUT2D eigenvalue weighted by Crippen LogP contribution is -1.94. The van der Waals surface area contributed by atoms with E-state index in [2.05, 4.69) is 13.0 Å². The third-order valence-electron chi connectivity index (χ3n) is 1.97. The van der Waals surface area contributed by atoms with Gasteiger partial charge in [-0.05, 0) is 19.3 Å². The summed E-state index contributed by atoms with van der Waals surface area (Å²) in [7, 11) is 0. The molecule has 1 heterocycles. The van der Waals surface area contributed by atoms with Gasteiger partial charge in [-0.1, -0.05) is 6.92 Å². The van der Waals surface area contributed by atoms with Gasteiger partial charge in [-0.15, -0.1) is 0 Å². The normalized spacial score (nSPS) is 32.0. The summed E-state index contributed by atoms with van der Waals surface area (Å²) in [5, 5.41) is 9.92. The fraction of sp³-hybridized carbons (Fsp3) is 0.875. The lowest BCUT2D eigenvalue weighted by atomic mass is 10.1. The van der Waals surface area contributed by atoms with Crippen LogP contribution in [0.3, 0.4) is 0 Å². The van der Waals surface area contributed by atoms with Gasteiger partial charge in [-0.25, -0.2) is 0 Å². The molecule has 1 fully saturated rings. The third kappa shape index (κ3) is 1.91. The van der Waals surface area contributed by atoms with Crippen LogP contribution in [0.4, 0.5) is 0 Å². The molecule has 1 saturated heterocycles. The van der Waals surface area contributed by atoms with E-state index in [-0.39, 0.29) is 0 Å². The Morgan fingerprint density at radius 2 is 2.20 bits per heavy atom. The number of hydrogen-bond acceptors (Lipinski definition) is 2. The minimum absolute atomic E-state index is 0.648. The molecule has 0 bridgehead atoms. The molecule has 2 atom stereocenters. The highest BCUT2D eigenvalue weighted by Gasteiger charge is 2.22. The van der Waals surface area contributed by atoms with E-state index in [1.54, 1.807) is 0 Å². The summed E-state index contributed by atoms with van der Waals surface area (Å²) in [4.78, 5) is 0. The summed E-state index contributed by atoms with van der Waals surface area (Å²) in [6.07, 6.45) is 4.61. The van der Waals surface area contributed by atoms with Crippen molar-refractivity contribution in [1.29, 1.82) is 5.26 Å². The molecule has 0 aromatic heterocycles. The first-order valence-electron chi connectivity index (χ1n) is 3.89. The second kappa shape index (κ2) is 3.88. The minimum Gasteiger partial charge on any atom is -0.198 e. The molecule has 0 radical (unpaired) electrons. The van der Waals surface area contributed by atoms with Crippen LogP contribution < -0.4 is 0 Å². The van der Waals surface area contributed by atoms with Crippen LogP contribution in [-0.2, 0) is 0 Å². The first-order chi connectivity index (χ1) is 4.86. The Hall–Kier alpha value is -0.160. The maximum Gasteiger partial charge on any atom is 0.0633 e. The standard InChI is InChI=1S/C8H13NS/c1-2-7-3-4-8(10-7)5-6-9/h7-8H,2-5H2,1H3/t7-,8?/m1/s1. The van der Waals surface area contributed by atoms with Crippen molar-refractivity contribution < 1.29 is 0 Å². The summed E-state index contributed by atoms with van der Waals surface area (Å²) in [6, 6.07) is 2.23. The van der Waals surface area contributed by atoms with E-state index in [4.69, 9.17) is 5.26 Å². The van der Waals surface area contributed by atoms with E-state index < -0.39 is 0 Å². The Kier molecular flexibility index (Phi) is 3.08. The van der Waals surface area contributed by atoms with Crippen molar-refractivity contribution in [3.63, 3.8) is 0 Å². The molecule has 1 nitrogen and oxygen atoms in total. The van der Waals surface area contributed by atoms with Crippen LogP contribution in [0.15, 0.2) is 0 Å². The molecule has 0 amide bonds. The summed E-state index contributed by atoms with van der Waals surface area (Å²) >= 11 is 2.01. The summed E-state index contributed by atoms with van der Waals surface area (Å²) in [5.41, 5.74) is 0. The van der Waals surface area contributed by atoms with Crippen LogP contribution in [-0.4, -0.2) is 10.5 Å². The lowest BCUT2D eigenvalue weighted by molar-refractivity contribution is 0.712. The van der Waals surface area contributed by atoms with Gasteiger partial charge in [0.25, 0.3) is 0 Å². The molecule has 0 N–H and O–H groups in total. The van der Waals surface area contributed by atoms with Crippen molar-refractivity contribution in [2.45, 2.75) is 43.1 Å². The quantitative estimate of drug-likeness (QED) is 0.612. The largest absolute Gasteiger partial charge is 0.198 e. The summed E-state index contributed by atoms with van der Waals surface area (Å²) < 4.78 is 0. The number of hydrogen-bond donors (Lipinski definition) is 0. The summed E-state index contributed by atoms with van der Waals surface area (Å²) in [6.45, 7) is 2.23. The maximum atomic E-state index is 8.42. The molecular weight excluding hydrogens is 142 g/mol. The van der Waals surface area contributed by atoms with Crippen LogP contribution in [0.2, 0.25) is 0 Å². The monoisotopic (exact) mass is 155 g/mol. The van der Waals surface area contributed by atoms with Gasteiger partial charge < -0.3 is 0 Å². The first kappa shape index (κ1) is 7.94. The molecule has 0 aliphatic carbocycles. The minimum atomic E-state index is 0.648. The second-order valence-corrected chi connectivity index (χ2v) is 4.33. The van der Waals surface area contributed by atoms with Crippen molar-refractivity contribution in [1.82, 2.24) is 0 Å². The Labute approximate surface area is 66.8 Å². The number of thioether (sulfide) groups is 1. The molecule has 0 aromatic carbocycles. The third-order valence-corrected chi connectivity index (χ3v) is 3.71. The van der Waals surface area contributed by atoms with E-state index >= 15 is 0 Å². The van der Waals surface area contributed by atoms with Crippen LogP contribution in [0, 0.1) is 11.3 Å². The second-order valence-electron chi connectivity index (χ2n) is 2.73. The van der Waals surface area contributed by atoms with Gasteiger partial charge in [-0.2, -0.15) is 17.0 Å². The topological polar surface area (TPSA) is 23.8 Å². The average Bonchev–Trinajstić information content (AvgIpc) is 2.37. The Morgan fingerprint density at radius 3 is 2.70 bits per heavy atom. The molecule has 1 unspecified atom stereocenters. The molecule has 56 valence electrons. The van der Waals surface area contributed by atoms with Crippen molar-refractivity contribution in [3.05, 3.63) is 0 Å². The van der Waals surface area contributed by atoms with E-state index in [1.807, 2.05) is 11.8 Å². The molecule has 0 saturated carbocycles. The molecule has 1 rings (SSSR count). The Morgan fingerprint density at radius 1 is 1.50 bits per heavy atom. The Bertz CT molecular complexity index is 139. The van der Waals surface area contributed by atoms with Gasteiger partial charge in [-0.3, -0.25) is 0 Å². The van der Waals surface area contributed by atoms with Crippen molar-refractivity contribution >= 4 is 11.8 Å². The van der Waals surface area contributed by atoms with Gasteiger partial charge in [0.2, 0.25) is 0 Å². The lowest BCUT2D eigenvalue weighted by Gasteiger charge is -2.04. The fourth-order valence-corrected chi connectivity index (χ4v) is 2.78. The Balaban J connectivity index is 2.23.